The highest BCUT2D eigenvalue weighted by Gasteiger charge is 2.25. The van der Waals surface area contributed by atoms with E-state index in [4.69, 9.17) is 4.99 Å². The summed E-state index contributed by atoms with van der Waals surface area (Å²) >= 11 is 0. The highest BCUT2D eigenvalue weighted by Crippen LogP contribution is 2.40. The van der Waals surface area contributed by atoms with Crippen molar-refractivity contribution in [3.63, 3.8) is 0 Å². The molecule has 4 nitrogen and oxygen atoms in total. The lowest BCUT2D eigenvalue weighted by atomic mass is 9.89. The lowest BCUT2D eigenvalue weighted by Crippen LogP contribution is -2.31. The summed E-state index contributed by atoms with van der Waals surface area (Å²) in [5.74, 6) is 0.581. The molecule has 7 aromatic carbocycles. The molecule has 4 heteroatoms. The van der Waals surface area contributed by atoms with Crippen LogP contribution in [0.15, 0.2) is 235 Å². The molecule has 0 amide bonds. The highest BCUT2D eigenvalue weighted by atomic mass is 15.1. The van der Waals surface area contributed by atoms with Crippen molar-refractivity contribution in [2.24, 2.45) is 16.8 Å². The molecule has 3 atom stereocenters. The minimum atomic E-state index is -0.176. The van der Waals surface area contributed by atoms with E-state index < -0.39 is 0 Å². The van der Waals surface area contributed by atoms with E-state index in [1.54, 1.807) is 0 Å². The summed E-state index contributed by atoms with van der Waals surface area (Å²) in [5, 5.41) is 10.2. The molecule has 3 unspecified atom stereocenters. The van der Waals surface area contributed by atoms with Crippen molar-refractivity contribution in [1.82, 2.24) is 9.88 Å². The average molecular weight is 799 g/mol. The van der Waals surface area contributed by atoms with Crippen molar-refractivity contribution < 1.29 is 0 Å². The van der Waals surface area contributed by atoms with E-state index in [1.807, 2.05) is 0 Å². The fraction of sp³-hybridized carbons (Fsp3) is 0.0862. The summed E-state index contributed by atoms with van der Waals surface area (Å²) in [4.78, 5) is 5.35. The predicted octanol–water partition coefficient (Wildman–Crippen LogP) is 14.7. The first-order chi connectivity index (χ1) is 30.7. The maximum absolute atomic E-state index is 5.35. The average Bonchev–Trinajstić information content (AvgIpc) is 3.70. The first-order valence-electron chi connectivity index (χ1n) is 21.7. The molecule has 0 saturated carbocycles. The largest absolute Gasteiger partial charge is 0.363 e. The Balaban J connectivity index is 0.945. The van der Waals surface area contributed by atoms with Crippen molar-refractivity contribution >= 4 is 38.9 Å². The lowest BCUT2D eigenvalue weighted by Gasteiger charge is -2.30. The van der Waals surface area contributed by atoms with Crippen molar-refractivity contribution in [2.45, 2.75) is 19.0 Å². The van der Waals surface area contributed by atoms with Crippen LogP contribution in [0.3, 0.4) is 0 Å². The SMILES string of the molecule is C1=CCC(C2=CC(C3C=CC=CC3)=NC(c3cccc(-c4ccc(Nc5cccc(-c6cccc7c8ccccc8n(-c8ccccc8)c67)c5)c(-c5ccccc5)c4)c3)N2)C=C1. The Hall–Kier alpha value is -7.69. The van der Waals surface area contributed by atoms with Crippen LogP contribution < -0.4 is 10.6 Å². The van der Waals surface area contributed by atoms with Gasteiger partial charge in [0.1, 0.15) is 6.17 Å². The molecule has 3 aliphatic rings. The fourth-order valence-corrected chi connectivity index (χ4v) is 9.36. The molecule has 2 aliphatic carbocycles. The van der Waals surface area contributed by atoms with Crippen molar-refractivity contribution in [3.8, 4) is 39.1 Å². The van der Waals surface area contributed by atoms with E-state index in [0.717, 1.165) is 69.0 Å². The van der Waals surface area contributed by atoms with Crippen LogP contribution in [-0.2, 0) is 0 Å². The van der Waals surface area contributed by atoms with Gasteiger partial charge in [0.2, 0.25) is 0 Å². The zero-order valence-corrected chi connectivity index (χ0v) is 34.4. The molecule has 62 heavy (non-hydrogen) atoms. The summed E-state index contributed by atoms with van der Waals surface area (Å²) in [7, 11) is 0. The Labute approximate surface area is 363 Å². The van der Waals surface area contributed by atoms with Gasteiger partial charge < -0.3 is 15.2 Å². The minimum Gasteiger partial charge on any atom is -0.363 e. The lowest BCUT2D eigenvalue weighted by molar-refractivity contribution is 0.553. The van der Waals surface area contributed by atoms with Gasteiger partial charge in [-0.15, -0.1) is 0 Å². The van der Waals surface area contributed by atoms with Crippen LogP contribution in [0.5, 0.6) is 0 Å². The first kappa shape index (κ1) is 37.3. The van der Waals surface area contributed by atoms with Crippen molar-refractivity contribution in [1.29, 1.82) is 0 Å². The number of para-hydroxylation sites is 3. The second-order valence-electron chi connectivity index (χ2n) is 16.4. The van der Waals surface area contributed by atoms with Gasteiger partial charge in [-0.25, -0.2) is 0 Å². The normalized spacial score (nSPS) is 18.1. The van der Waals surface area contributed by atoms with Crippen LogP contribution >= 0.6 is 0 Å². The van der Waals surface area contributed by atoms with E-state index >= 15 is 0 Å². The third kappa shape index (κ3) is 7.20. The third-order valence-corrected chi connectivity index (χ3v) is 12.4. The van der Waals surface area contributed by atoms with Crippen LogP contribution in [0.25, 0.3) is 60.9 Å². The van der Waals surface area contributed by atoms with Gasteiger partial charge in [-0.1, -0.05) is 170 Å². The Morgan fingerprint density at radius 3 is 2.05 bits per heavy atom. The Morgan fingerprint density at radius 1 is 0.532 bits per heavy atom. The van der Waals surface area contributed by atoms with Crippen LogP contribution in [-0.4, -0.2) is 10.3 Å². The van der Waals surface area contributed by atoms with Gasteiger partial charge in [0.05, 0.1) is 11.0 Å². The number of hydrogen-bond donors (Lipinski definition) is 2. The van der Waals surface area contributed by atoms with E-state index in [2.05, 4.69) is 240 Å². The summed E-state index contributed by atoms with van der Waals surface area (Å²) in [6.07, 6.45) is 21.7. The molecular formula is C58H46N4. The second kappa shape index (κ2) is 16.4. The molecule has 0 fully saturated rings. The van der Waals surface area contributed by atoms with E-state index in [-0.39, 0.29) is 12.1 Å². The first-order valence-corrected chi connectivity index (χ1v) is 21.7. The van der Waals surface area contributed by atoms with E-state index in [1.165, 1.54) is 33.1 Å². The van der Waals surface area contributed by atoms with Gasteiger partial charge in [-0.2, -0.15) is 0 Å². The van der Waals surface area contributed by atoms with Gasteiger partial charge >= 0.3 is 0 Å². The fourth-order valence-electron chi connectivity index (χ4n) is 9.36. The Morgan fingerprint density at radius 2 is 1.23 bits per heavy atom. The summed E-state index contributed by atoms with van der Waals surface area (Å²) in [6, 6.07) is 61.3. The number of anilines is 2. The van der Waals surface area contributed by atoms with Crippen molar-refractivity contribution in [3.05, 3.63) is 236 Å². The Kier molecular flexibility index (Phi) is 9.87. The number of rotatable bonds is 9. The Bertz CT molecular complexity index is 3140. The molecule has 0 radical (unpaired) electrons. The maximum Gasteiger partial charge on any atom is 0.144 e. The van der Waals surface area contributed by atoms with Gasteiger partial charge in [0.25, 0.3) is 0 Å². The molecule has 0 spiro atoms. The second-order valence-corrected chi connectivity index (χ2v) is 16.4. The molecule has 8 aromatic rings. The number of allylic oxidation sites excluding steroid dienone is 9. The molecule has 2 heterocycles. The highest BCUT2D eigenvalue weighted by molar-refractivity contribution is 6.14. The molecule has 1 aliphatic heterocycles. The van der Waals surface area contributed by atoms with Gasteiger partial charge in [0, 0.05) is 62.2 Å². The smallest absolute Gasteiger partial charge is 0.144 e. The van der Waals surface area contributed by atoms with Crippen molar-refractivity contribution in [2.75, 3.05) is 5.32 Å². The molecule has 0 bridgehead atoms. The van der Waals surface area contributed by atoms with E-state index in [0.29, 0.717) is 5.92 Å². The molecule has 2 N–H and O–H groups in total. The number of benzene rings is 7. The number of aromatic nitrogens is 1. The zero-order valence-electron chi connectivity index (χ0n) is 34.4. The number of nitrogens with zero attached hydrogens (tertiary/aromatic N) is 2. The summed E-state index contributed by atoms with van der Waals surface area (Å²) in [5.41, 5.74) is 16.1. The van der Waals surface area contributed by atoms with E-state index in [9.17, 15) is 0 Å². The third-order valence-electron chi connectivity index (χ3n) is 12.4. The number of hydrogen-bond acceptors (Lipinski definition) is 3. The van der Waals surface area contributed by atoms with Crippen LogP contribution in [0, 0.1) is 11.8 Å². The number of fused-ring (bicyclic) bond motifs is 3. The number of nitrogens with one attached hydrogen (secondary N) is 2. The van der Waals surface area contributed by atoms with Crippen LogP contribution in [0.4, 0.5) is 11.4 Å². The standard InChI is InChI=1S/C58H46N4/c1-5-18-40(19-6-1)52-38-44(43-24-15-26-46(36-43)58-60-54(41-20-7-2-8-21-41)39-55(61-58)42-22-9-3-10-23-42)34-35-53(52)59-47-27-16-25-45(37-47)49-31-17-32-51-50-30-13-14-33-56(50)62(57(49)51)48-28-11-4-12-29-48/h1-20,22,24-39,41-42,58-60H,21,23H2. The quantitative estimate of drug-likeness (QED) is 0.153. The topological polar surface area (TPSA) is 41.4 Å². The number of aliphatic imine (C=N–C) groups is 1. The molecule has 11 rings (SSSR count). The zero-order chi connectivity index (χ0) is 41.2. The predicted molar refractivity (Wildman–Crippen MR) is 261 cm³/mol. The van der Waals surface area contributed by atoms with Gasteiger partial charge in [-0.05, 0) is 95.3 Å². The minimum absolute atomic E-state index is 0.176. The van der Waals surface area contributed by atoms with Gasteiger partial charge in [0.15, 0.2) is 0 Å². The summed E-state index contributed by atoms with van der Waals surface area (Å²) in [6.45, 7) is 0. The summed E-state index contributed by atoms with van der Waals surface area (Å²) < 4.78 is 2.41. The maximum atomic E-state index is 5.35. The molecule has 298 valence electrons. The molecular weight excluding hydrogens is 753 g/mol. The van der Waals surface area contributed by atoms with Crippen LogP contribution in [0.2, 0.25) is 0 Å². The van der Waals surface area contributed by atoms with Gasteiger partial charge in [-0.3, -0.25) is 4.99 Å². The molecule has 0 saturated heterocycles. The monoisotopic (exact) mass is 798 g/mol. The molecule has 1 aromatic heterocycles. The van der Waals surface area contributed by atoms with Crippen LogP contribution in [0.1, 0.15) is 24.6 Å².